The Morgan fingerprint density at radius 3 is 2.35 bits per heavy atom. The molecule has 2 aromatic carbocycles. The summed E-state index contributed by atoms with van der Waals surface area (Å²) < 4.78 is 20.5. The number of carbonyl (C=O) groups is 1. The van der Waals surface area contributed by atoms with Crippen LogP contribution in [0, 0.1) is 18.7 Å². The number of halogens is 1. The van der Waals surface area contributed by atoms with Gasteiger partial charge in [-0.15, -0.1) is 10.2 Å². The highest BCUT2D eigenvalue weighted by atomic mass is 19.1. The van der Waals surface area contributed by atoms with E-state index in [2.05, 4.69) is 10.2 Å². The number of fused-ring (bicyclic) bond motifs is 1. The zero-order chi connectivity index (χ0) is 21.9. The number of benzene rings is 2. The number of hydrogen-bond donors (Lipinski definition) is 1. The fourth-order valence-corrected chi connectivity index (χ4v) is 4.72. The van der Waals surface area contributed by atoms with Gasteiger partial charge in [0.25, 0.3) is 5.91 Å². The van der Waals surface area contributed by atoms with Gasteiger partial charge in [0.15, 0.2) is 0 Å². The van der Waals surface area contributed by atoms with Gasteiger partial charge >= 0.3 is 0 Å². The van der Waals surface area contributed by atoms with Gasteiger partial charge in [-0.05, 0) is 61.9 Å². The monoisotopic (exact) mass is 421 g/mol. The molecule has 1 N–H and O–H groups in total. The van der Waals surface area contributed by atoms with Crippen molar-refractivity contribution in [3.8, 4) is 22.6 Å². The first-order valence-corrected chi connectivity index (χ1v) is 10.5. The largest absolute Gasteiger partial charge is 0.421 e. The smallest absolute Gasteiger partial charge is 0.255 e. The summed E-state index contributed by atoms with van der Waals surface area (Å²) in [5.74, 6) is 0.474. The van der Waals surface area contributed by atoms with Crippen molar-refractivity contribution in [3.63, 3.8) is 0 Å². The molecule has 2 aliphatic rings. The van der Waals surface area contributed by atoms with Crippen molar-refractivity contribution in [2.24, 2.45) is 5.92 Å². The fraction of sp³-hybridized carbons (Fsp3) is 0.375. The lowest BCUT2D eigenvalue weighted by Crippen LogP contribution is -2.51. The highest BCUT2D eigenvalue weighted by Gasteiger charge is 2.48. The Hall–Kier alpha value is -3.06. The van der Waals surface area contributed by atoms with Gasteiger partial charge in [-0.25, -0.2) is 4.39 Å². The summed E-state index contributed by atoms with van der Waals surface area (Å²) in [5, 5.41) is 18.6. The van der Waals surface area contributed by atoms with Crippen molar-refractivity contribution >= 4 is 5.91 Å². The van der Waals surface area contributed by atoms with E-state index in [0.717, 1.165) is 24.0 Å². The Labute approximate surface area is 179 Å². The maximum Gasteiger partial charge on any atom is 0.255 e. The summed E-state index contributed by atoms with van der Waals surface area (Å²) in [7, 11) is 0. The first kappa shape index (κ1) is 19.9. The zero-order valence-electron chi connectivity index (χ0n) is 17.7. The molecule has 1 amide bonds. The molecular formula is C24H24FN3O3. The molecule has 5 rings (SSSR count). The highest BCUT2D eigenvalue weighted by molar-refractivity contribution is 6.05. The fourth-order valence-electron chi connectivity index (χ4n) is 4.72. The number of hydrogen-bond acceptors (Lipinski definition) is 5. The molecule has 2 heterocycles. The van der Waals surface area contributed by atoms with Crippen LogP contribution >= 0.6 is 0 Å². The summed E-state index contributed by atoms with van der Waals surface area (Å²) in [6, 6.07) is 9.89. The summed E-state index contributed by atoms with van der Waals surface area (Å²) in [6.45, 7) is 5.58. The maximum atomic E-state index is 15.0. The molecule has 3 aromatic rings. The summed E-state index contributed by atoms with van der Waals surface area (Å²) in [5.41, 5.74) is 1.77. The van der Waals surface area contributed by atoms with Gasteiger partial charge < -0.3 is 14.4 Å². The minimum atomic E-state index is -1.03. The Kier molecular flexibility index (Phi) is 4.48. The van der Waals surface area contributed by atoms with Crippen LogP contribution < -0.4 is 0 Å². The lowest BCUT2D eigenvalue weighted by Gasteiger charge is -2.37. The highest BCUT2D eigenvalue weighted by Crippen LogP contribution is 2.44. The number of rotatable bonds is 5. The second kappa shape index (κ2) is 6.99. The molecule has 7 heteroatoms. The van der Waals surface area contributed by atoms with Crippen molar-refractivity contribution in [1.82, 2.24) is 15.1 Å². The van der Waals surface area contributed by atoms with Gasteiger partial charge in [0.1, 0.15) is 5.82 Å². The van der Waals surface area contributed by atoms with E-state index in [1.165, 1.54) is 6.07 Å². The van der Waals surface area contributed by atoms with Crippen LogP contribution in [-0.2, 0) is 6.54 Å². The topological polar surface area (TPSA) is 79.5 Å². The average molecular weight is 421 g/mol. The third kappa shape index (κ3) is 3.43. The molecule has 160 valence electrons. The van der Waals surface area contributed by atoms with Gasteiger partial charge in [-0.2, -0.15) is 0 Å². The standard InChI is InChI=1S/C24H24FN3O3/c1-13-26-27-22(31-13)16-8-4-14(5-9-16)19-18(25)11-10-17-12-28(23(29)20(17)19)21(15-6-7-15)24(2,3)30/h4-5,8-11,15,21,30H,6-7,12H2,1-3H3/t21-/m0/s1. The van der Waals surface area contributed by atoms with Crippen molar-refractivity contribution in [2.75, 3.05) is 0 Å². The lowest BCUT2D eigenvalue weighted by atomic mass is 9.92. The van der Waals surface area contributed by atoms with Gasteiger partial charge in [0, 0.05) is 24.6 Å². The van der Waals surface area contributed by atoms with E-state index >= 15 is 4.39 Å². The minimum Gasteiger partial charge on any atom is -0.421 e. The number of amides is 1. The van der Waals surface area contributed by atoms with E-state index in [1.54, 1.807) is 56.0 Å². The number of aryl methyl sites for hydroxylation is 1. The van der Waals surface area contributed by atoms with E-state index < -0.39 is 11.4 Å². The molecule has 0 unspecified atom stereocenters. The van der Waals surface area contributed by atoms with Gasteiger partial charge in [-0.1, -0.05) is 18.2 Å². The molecule has 1 saturated carbocycles. The van der Waals surface area contributed by atoms with Gasteiger partial charge in [-0.3, -0.25) is 4.79 Å². The van der Waals surface area contributed by atoms with Crippen molar-refractivity contribution in [1.29, 1.82) is 0 Å². The molecule has 1 aromatic heterocycles. The molecule has 31 heavy (non-hydrogen) atoms. The van der Waals surface area contributed by atoms with Gasteiger partial charge in [0.05, 0.1) is 17.2 Å². The predicted octanol–water partition coefficient (Wildman–Crippen LogP) is 4.36. The van der Waals surface area contributed by atoms with Crippen LogP contribution in [0.15, 0.2) is 40.8 Å². The maximum absolute atomic E-state index is 15.0. The van der Waals surface area contributed by atoms with Crippen LogP contribution in [0.1, 0.15) is 48.5 Å². The number of aromatic nitrogens is 2. The SMILES string of the molecule is Cc1nnc(-c2ccc(-c3c(F)ccc4c3C(=O)N([C@@H](C3CC3)C(C)(C)O)C4)cc2)o1. The predicted molar refractivity (Wildman–Crippen MR) is 113 cm³/mol. The Bertz CT molecular complexity index is 1160. The third-order valence-electron chi connectivity index (χ3n) is 6.13. The number of carbonyl (C=O) groups excluding carboxylic acids is 1. The molecule has 0 bridgehead atoms. The number of aliphatic hydroxyl groups is 1. The normalized spacial score (nSPS) is 17.2. The molecule has 0 radical (unpaired) electrons. The van der Waals surface area contributed by atoms with Crippen LogP contribution in [0.2, 0.25) is 0 Å². The van der Waals surface area contributed by atoms with E-state index in [4.69, 9.17) is 4.42 Å². The summed E-state index contributed by atoms with van der Waals surface area (Å²) >= 11 is 0. The van der Waals surface area contributed by atoms with Crippen LogP contribution in [0.5, 0.6) is 0 Å². The second-order valence-corrected chi connectivity index (χ2v) is 9.03. The summed E-state index contributed by atoms with van der Waals surface area (Å²) in [4.78, 5) is 15.2. The second-order valence-electron chi connectivity index (χ2n) is 9.03. The van der Waals surface area contributed by atoms with E-state index in [9.17, 15) is 9.90 Å². The zero-order valence-corrected chi connectivity index (χ0v) is 17.7. The average Bonchev–Trinajstić information content (AvgIpc) is 3.36. The van der Waals surface area contributed by atoms with Crippen LogP contribution in [0.4, 0.5) is 4.39 Å². The first-order chi connectivity index (χ1) is 14.7. The molecular weight excluding hydrogens is 397 g/mol. The van der Waals surface area contributed by atoms with E-state index in [-0.39, 0.29) is 17.9 Å². The van der Waals surface area contributed by atoms with E-state index in [1.807, 2.05) is 0 Å². The Morgan fingerprint density at radius 1 is 1.10 bits per heavy atom. The van der Waals surface area contributed by atoms with E-state index in [0.29, 0.717) is 35.0 Å². The van der Waals surface area contributed by atoms with Crippen LogP contribution in [-0.4, -0.2) is 37.8 Å². The van der Waals surface area contributed by atoms with Crippen LogP contribution in [0.25, 0.3) is 22.6 Å². The molecule has 1 atom stereocenters. The lowest BCUT2D eigenvalue weighted by molar-refractivity contribution is -0.0224. The number of nitrogens with zero attached hydrogens (tertiary/aromatic N) is 3. The molecule has 0 saturated heterocycles. The van der Waals surface area contributed by atoms with Crippen molar-refractivity contribution in [3.05, 3.63) is 59.2 Å². The molecule has 1 fully saturated rings. The van der Waals surface area contributed by atoms with Crippen LogP contribution in [0.3, 0.4) is 0 Å². The minimum absolute atomic E-state index is 0.222. The molecule has 0 spiro atoms. The quantitative estimate of drug-likeness (QED) is 0.662. The first-order valence-electron chi connectivity index (χ1n) is 10.5. The molecule has 1 aliphatic carbocycles. The Morgan fingerprint density at radius 2 is 1.77 bits per heavy atom. The molecule has 1 aliphatic heterocycles. The Balaban J connectivity index is 1.53. The van der Waals surface area contributed by atoms with Gasteiger partial charge in [0.2, 0.25) is 11.8 Å². The summed E-state index contributed by atoms with van der Waals surface area (Å²) in [6.07, 6.45) is 1.99. The third-order valence-corrected chi connectivity index (χ3v) is 6.13. The van der Waals surface area contributed by atoms with Crippen molar-refractivity contribution in [2.45, 2.75) is 51.8 Å². The van der Waals surface area contributed by atoms with Crippen molar-refractivity contribution < 1.29 is 18.7 Å². The molecule has 6 nitrogen and oxygen atoms in total.